The highest BCUT2D eigenvalue weighted by Crippen LogP contribution is 2.56. The summed E-state index contributed by atoms with van der Waals surface area (Å²) >= 11 is 0. The molecule has 8 heteroatoms. The van der Waals surface area contributed by atoms with Crippen molar-refractivity contribution in [3.8, 4) is 11.1 Å². The lowest BCUT2D eigenvalue weighted by Gasteiger charge is -2.30. The van der Waals surface area contributed by atoms with Gasteiger partial charge in [-0.15, -0.1) is 0 Å². The van der Waals surface area contributed by atoms with E-state index in [1.807, 2.05) is 30.3 Å². The Bertz CT molecular complexity index is 1160. The zero-order valence-electron chi connectivity index (χ0n) is 18.6. The number of aliphatic hydroxyl groups excluding tert-OH is 1. The molecule has 0 radical (unpaired) electrons. The fourth-order valence-electron chi connectivity index (χ4n) is 5.26. The standard InChI is InChI=1S/C25H29FN2O4S/c1-33(31,32)27-23-20(28(15-25(23)12-13-25)24(30)22(29)17-10-11-17)14-18-8-5-9-19(21(18)26)16-6-3-2-4-7-16/h2-9,17,20,22-23,27,29H,10-15H2,1H3/t20?,22-,23?/m0/s1. The molecule has 1 heterocycles. The summed E-state index contributed by atoms with van der Waals surface area (Å²) < 4.78 is 42.8. The van der Waals surface area contributed by atoms with Crippen LogP contribution in [0.1, 0.15) is 31.2 Å². The molecule has 0 bridgehead atoms. The molecule has 3 aliphatic rings. The van der Waals surface area contributed by atoms with Gasteiger partial charge in [-0.1, -0.05) is 48.5 Å². The number of hydrogen-bond donors (Lipinski definition) is 2. The molecule has 2 saturated carbocycles. The number of likely N-dealkylation sites (tertiary alicyclic amines) is 1. The molecular weight excluding hydrogens is 443 g/mol. The lowest BCUT2D eigenvalue weighted by molar-refractivity contribution is -0.142. The second-order valence-corrected chi connectivity index (χ2v) is 11.7. The molecule has 6 nitrogen and oxygen atoms in total. The van der Waals surface area contributed by atoms with Crippen LogP contribution >= 0.6 is 0 Å². The number of amides is 1. The largest absolute Gasteiger partial charge is 0.383 e. The summed E-state index contributed by atoms with van der Waals surface area (Å²) in [5, 5.41) is 10.6. The first kappa shape index (κ1) is 22.5. The number of benzene rings is 2. The van der Waals surface area contributed by atoms with Gasteiger partial charge in [0.2, 0.25) is 10.0 Å². The Morgan fingerprint density at radius 2 is 1.88 bits per heavy atom. The lowest BCUT2D eigenvalue weighted by atomic mass is 9.91. The molecule has 33 heavy (non-hydrogen) atoms. The molecule has 2 unspecified atom stereocenters. The summed E-state index contributed by atoms with van der Waals surface area (Å²) in [6.07, 6.45) is 3.43. The zero-order valence-corrected chi connectivity index (χ0v) is 19.4. The first-order chi connectivity index (χ1) is 15.7. The van der Waals surface area contributed by atoms with Crippen LogP contribution in [0.3, 0.4) is 0 Å². The minimum Gasteiger partial charge on any atom is -0.383 e. The SMILES string of the molecule is CS(=O)(=O)NC1C(Cc2cccc(-c3ccccc3)c2F)N(C(=O)[C@@H](O)C2CC2)CC12CC2. The first-order valence-corrected chi connectivity index (χ1v) is 13.4. The Kier molecular flexibility index (Phi) is 5.58. The van der Waals surface area contributed by atoms with Crippen LogP contribution < -0.4 is 4.72 Å². The molecule has 0 aromatic heterocycles. The predicted molar refractivity (Wildman–Crippen MR) is 123 cm³/mol. The van der Waals surface area contributed by atoms with Gasteiger partial charge >= 0.3 is 0 Å². The van der Waals surface area contributed by atoms with Gasteiger partial charge in [0.1, 0.15) is 11.9 Å². The number of carbonyl (C=O) groups excluding carboxylic acids is 1. The van der Waals surface area contributed by atoms with Gasteiger partial charge in [-0.05, 0) is 49.1 Å². The Balaban J connectivity index is 1.50. The number of nitrogens with zero attached hydrogens (tertiary/aromatic N) is 1. The van der Waals surface area contributed by atoms with Crippen molar-refractivity contribution in [3.63, 3.8) is 0 Å². The Hall–Kier alpha value is -2.29. The maximum absolute atomic E-state index is 15.6. The molecule has 176 valence electrons. The summed E-state index contributed by atoms with van der Waals surface area (Å²) in [5.74, 6) is -0.770. The van der Waals surface area contributed by atoms with Gasteiger partial charge in [0.05, 0.1) is 12.3 Å². The van der Waals surface area contributed by atoms with Crippen molar-refractivity contribution in [1.29, 1.82) is 0 Å². The topological polar surface area (TPSA) is 86.7 Å². The molecule has 1 aliphatic heterocycles. The van der Waals surface area contributed by atoms with Gasteiger partial charge in [0.25, 0.3) is 5.91 Å². The normalized spacial score (nSPS) is 24.8. The molecular formula is C25H29FN2O4S. The summed E-state index contributed by atoms with van der Waals surface area (Å²) in [7, 11) is -3.54. The highest BCUT2D eigenvalue weighted by atomic mass is 32.2. The number of aliphatic hydroxyl groups is 1. The molecule has 2 aromatic rings. The highest BCUT2D eigenvalue weighted by molar-refractivity contribution is 7.88. The van der Waals surface area contributed by atoms with Crippen LogP contribution in [0.15, 0.2) is 48.5 Å². The smallest absolute Gasteiger partial charge is 0.252 e. The molecule has 1 spiro atoms. The maximum Gasteiger partial charge on any atom is 0.252 e. The monoisotopic (exact) mass is 472 g/mol. The molecule has 1 saturated heterocycles. The van der Waals surface area contributed by atoms with E-state index in [0.717, 1.165) is 37.5 Å². The lowest BCUT2D eigenvalue weighted by Crippen LogP contribution is -2.51. The van der Waals surface area contributed by atoms with Gasteiger partial charge < -0.3 is 10.0 Å². The van der Waals surface area contributed by atoms with Crippen LogP contribution in [-0.2, 0) is 21.2 Å². The highest BCUT2D eigenvalue weighted by Gasteiger charge is 2.61. The van der Waals surface area contributed by atoms with Gasteiger partial charge in [-0.3, -0.25) is 4.79 Å². The van der Waals surface area contributed by atoms with Crippen LogP contribution in [0.4, 0.5) is 4.39 Å². The third kappa shape index (κ3) is 4.44. The molecule has 3 atom stereocenters. The number of nitrogens with one attached hydrogen (secondary N) is 1. The van der Waals surface area contributed by atoms with Gasteiger partial charge in [-0.25, -0.2) is 17.5 Å². The third-order valence-electron chi connectivity index (χ3n) is 7.36. The minimum atomic E-state index is -3.54. The third-order valence-corrected chi connectivity index (χ3v) is 8.04. The zero-order chi connectivity index (χ0) is 23.4. The van der Waals surface area contributed by atoms with E-state index in [0.29, 0.717) is 17.7 Å². The van der Waals surface area contributed by atoms with Gasteiger partial charge in [0, 0.05) is 23.6 Å². The van der Waals surface area contributed by atoms with Crippen LogP contribution in [0, 0.1) is 17.2 Å². The Morgan fingerprint density at radius 3 is 2.48 bits per heavy atom. The molecule has 3 fully saturated rings. The van der Waals surface area contributed by atoms with Crippen molar-refractivity contribution >= 4 is 15.9 Å². The summed E-state index contributed by atoms with van der Waals surface area (Å²) in [6, 6.07) is 13.4. The molecule has 2 aromatic carbocycles. The minimum absolute atomic E-state index is 0.0339. The van der Waals surface area contributed by atoms with Crippen molar-refractivity contribution in [2.45, 2.75) is 50.3 Å². The summed E-state index contributed by atoms with van der Waals surface area (Å²) in [5.41, 5.74) is 1.30. The van der Waals surface area contributed by atoms with Crippen LogP contribution in [0.2, 0.25) is 0 Å². The number of halogens is 1. The number of sulfonamides is 1. The van der Waals surface area contributed by atoms with Crippen molar-refractivity contribution in [2.24, 2.45) is 11.3 Å². The quantitative estimate of drug-likeness (QED) is 0.649. The van der Waals surface area contributed by atoms with E-state index in [1.165, 1.54) is 0 Å². The summed E-state index contributed by atoms with van der Waals surface area (Å²) in [6.45, 7) is 0.382. The Labute approximate surface area is 193 Å². The maximum atomic E-state index is 15.6. The van der Waals surface area contributed by atoms with Crippen molar-refractivity contribution in [1.82, 2.24) is 9.62 Å². The van der Waals surface area contributed by atoms with Crippen molar-refractivity contribution < 1.29 is 22.7 Å². The fraction of sp³-hybridized carbons (Fsp3) is 0.480. The molecule has 5 rings (SSSR count). The van der Waals surface area contributed by atoms with Gasteiger partial charge in [-0.2, -0.15) is 0 Å². The van der Waals surface area contributed by atoms with Gasteiger partial charge in [0.15, 0.2) is 0 Å². The van der Waals surface area contributed by atoms with E-state index in [4.69, 9.17) is 0 Å². The van der Waals surface area contributed by atoms with Crippen LogP contribution in [-0.4, -0.2) is 55.3 Å². The predicted octanol–water partition coefficient (Wildman–Crippen LogP) is 2.71. The van der Waals surface area contributed by atoms with Crippen molar-refractivity contribution in [3.05, 3.63) is 59.9 Å². The second kappa shape index (κ2) is 8.18. The average Bonchev–Trinajstić information content (AvgIpc) is 3.70. The van der Waals surface area contributed by atoms with Crippen LogP contribution in [0.25, 0.3) is 11.1 Å². The van der Waals surface area contributed by atoms with E-state index in [2.05, 4.69) is 4.72 Å². The fourth-order valence-corrected chi connectivity index (χ4v) is 6.13. The van der Waals surface area contributed by atoms with E-state index >= 15 is 4.39 Å². The molecule has 2 N–H and O–H groups in total. The molecule has 1 amide bonds. The molecule has 2 aliphatic carbocycles. The van der Waals surface area contributed by atoms with Crippen LogP contribution in [0.5, 0.6) is 0 Å². The average molecular weight is 473 g/mol. The first-order valence-electron chi connectivity index (χ1n) is 11.5. The van der Waals surface area contributed by atoms with E-state index < -0.39 is 28.2 Å². The summed E-state index contributed by atoms with van der Waals surface area (Å²) in [4.78, 5) is 14.9. The number of hydrogen-bond acceptors (Lipinski definition) is 4. The second-order valence-electron chi connectivity index (χ2n) is 9.89. The number of rotatable bonds is 7. The van der Waals surface area contributed by atoms with E-state index in [9.17, 15) is 18.3 Å². The number of carbonyl (C=O) groups is 1. The van der Waals surface area contributed by atoms with E-state index in [-0.39, 0.29) is 29.5 Å². The Morgan fingerprint density at radius 1 is 1.18 bits per heavy atom. The van der Waals surface area contributed by atoms with Crippen molar-refractivity contribution in [2.75, 3.05) is 12.8 Å². The van der Waals surface area contributed by atoms with E-state index in [1.54, 1.807) is 23.1 Å².